The van der Waals surface area contributed by atoms with Crippen LogP contribution in [0.2, 0.25) is 0 Å². The van der Waals surface area contributed by atoms with Gasteiger partial charge in [0.2, 0.25) is 5.91 Å². The number of amides is 1. The number of thioether (sulfide) groups is 1. The second-order valence-electron chi connectivity index (χ2n) is 5.59. The van der Waals surface area contributed by atoms with Gasteiger partial charge in [-0.3, -0.25) is 4.79 Å². The molecule has 118 valence electrons. The highest BCUT2D eigenvalue weighted by Gasteiger charge is 2.42. The van der Waals surface area contributed by atoms with Crippen LogP contribution in [0, 0.1) is 23.1 Å². The number of carbonyl (C=O) groups excluding carboxylic acids is 1. The molecule has 2 rings (SSSR count). The van der Waals surface area contributed by atoms with Crippen molar-refractivity contribution in [1.29, 1.82) is 5.26 Å². The fourth-order valence-electron chi connectivity index (χ4n) is 2.32. The van der Waals surface area contributed by atoms with E-state index in [-0.39, 0.29) is 23.4 Å². The molecule has 0 bridgehead atoms. The number of benzene rings is 1. The Bertz CT molecular complexity index is 598. The van der Waals surface area contributed by atoms with E-state index >= 15 is 0 Å². The predicted octanol–water partition coefficient (Wildman–Crippen LogP) is 2.88. The minimum atomic E-state index is -0.770. The minimum absolute atomic E-state index is 0.170. The summed E-state index contributed by atoms with van der Waals surface area (Å²) in [4.78, 5) is 12.0. The van der Waals surface area contributed by atoms with Crippen LogP contribution in [0.4, 0.5) is 4.39 Å². The maximum Gasteiger partial charge on any atom is 0.231 e. The van der Waals surface area contributed by atoms with Gasteiger partial charge in [-0.05, 0) is 43.9 Å². The molecule has 1 aliphatic carbocycles. The Hall–Kier alpha value is -1.74. The maximum absolute atomic E-state index is 13.3. The molecule has 1 amide bonds. The average molecular weight is 322 g/mol. The van der Waals surface area contributed by atoms with Gasteiger partial charge in [0.25, 0.3) is 0 Å². The number of nitrogens with zero attached hydrogens (tertiary/aromatic N) is 1. The van der Waals surface area contributed by atoms with Crippen LogP contribution in [0.3, 0.4) is 0 Å². The number of methoxy groups -OCH3 is 1. The molecule has 0 saturated heterocycles. The fraction of sp³-hybridized carbons (Fsp3) is 0.500. The lowest BCUT2D eigenvalue weighted by Gasteiger charge is -2.22. The summed E-state index contributed by atoms with van der Waals surface area (Å²) in [5.74, 6) is 1.07. The molecule has 0 radical (unpaired) electrons. The van der Waals surface area contributed by atoms with Crippen molar-refractivity contribution in [3.63, 3.8) is 0 Å². The molecule has 6 heteroatoms. The third-order valence-corrected chi connectivity index (χ3v) is 4.74. The van der Waals surface area contributed by atoms with Crippen LogP contribution in [0.25, 0.3) is 0 Å². The summed E-state index contributed by atoms with van der Waals surface area (Å²) in [5, 5.41) is 12.0. The van der Waals surface area contributed by atoms with E-state index in [0.717, 1.165) is 12.8 Å². The summed E-state index contributed by atoms with van der Waals surface area (Å²) in [6, 6.07) is 6.52. The normalized spacial score (nSPS) is 16.5. The molecule has 1 N–H and O–H groups in total. The van der Waals surface area contributed by atoms with Gasteiger partial charge < -0.3 is 10.1 Å². The molecular weight excluding hydrogens is 303 g/mol. The number of nitrogens with one attached hydrogen (secondary N) is 1. The van der Waals surface area contributed by atoms with Crippen LogP contribution < -0.4 is 10.1 Å². The van der Waals surface area contributed by atoms with Crippen LogP contribution in [0.1, 0.15) is 25.3 Å². The third-order valence-electron chi connectivity index (χ3n) is 3.76. The van der Waals surface area contributed by atoms with Crippen LogP contribution in [0.5, 0.6) is 5.75 Å². The van der Waals surface area contributed by atoms with Gasteiger partial charge in [-0.25, -0.2) is 4.39 Å². The van der Waals surface area contributed by atoms with Crippen molar-refractivity contribution in [2.24, 2.45) is 5.92 Å². The number of ether oxygens (including phenoxy) is 1. The van der Waals surface area contributed by atoms with Gasteiger partial charge in [0, 0.05) is 11.3 Å². The Morgan fingerprint density at radius 2 is 2.32 bits per heavy atom. The Morgan fingerprint density at radius 3 is 2.91 bits per heavy atom. The minimum Gasteiger partial charge on any atom is -0.496 e. The van der Waals surface area contributed by atoms with Crippen LogP contribution in [-0.2, 0) is 10.5 Å². The number of rotatable bonds is 7. The van der Waals surface area contributed by atoms with E-state index < -0.39 is 5.54 Å². The topological polar surface area (TPSA) is 62.1 Å². The summed E-state index contributed by atoms with van der Waals surface area (Å²) >= 11 is 1.37. The summed E-state index contributed by atoms with van der Waals surface area (Å²) in [7, 11) is 1.53. The highest BCUT2D eigenvalue weighted by molar-refractivity contribution is 7.99. The molecule has 1 saturated carbocycles. The Kier molecular flexibility index (Phi) is 5.30. The summed E-state index contributed by atoms with van der Waals surface area (Å²) < 4.78 is 18.4. The molecule has 0 aliphatic heterocycles. The number of carbonyl (C=O) groups is 1. The largest absolute Gasteiger partial charge is 0.496 e. The highest BCUT2D eigenvalue weighted by atomic mass is 32.2. The van der Waals surface area contributed by atoms with Crippen molar-refractivity contribution in [2.75, 3.05) is 12.9 Å². The van der Waals surface area contributed by atoms with Crippen molar-refractivity contribution in [2.45, 2.75) is 31.1 Å². The SMILES string of the molecule is COc1ccc(F)cc1CSCC(=O)N[C@@](C)(C#N)C1CC1. The van der Waals surface area contributed by atoms with Gasteiger partial charge in [0.05, 0.1) is 18.9 Å². The van der Waals surface area contributed by atoms with Gasteiger partial charge >= 0.3 is 0 Å². The maximum atomic E-state index is 13.3. The van der Waals surface area contributed by atoms with Crippen LogP contribution >= 0.6 is 11.8 Å². The molecule has 1 aliphatic rings. The lowest BCUT2D eigenvalue weighted by atomic mass is 9.98. The Morgan fingerprint density at radius 1 is 1.59 bits per heavy atom. The Labute approximate surface area is 134 Å². The van der Waals surface area contributed by atoms with Crippen LogP contribution in [-0.4, -0.2) is 24.3 Å². The first-order chi connectivity index (χ1) is 10.5. The van der Waals surface area contributed by atoms with E-state index in [4.69, 9.17) is 4.74 Å². The molecule has 1 atom stereocenters. The van der Waals surface area contributed by atoms with Gasteiger partial charge in [-0.15, -0.1) is 11.8 Å². The summed E-state index contributed by atoms with van der Waals surface area (Å²) in [5.41, 5.74) is -0.0562. The molecular formula is C16H19FN2O2S. The van der Waals surface area contributed by atoms with Crippen LogP contribution in [0.15, 0.2) is 18.2 Å². The molecule has 0 unspecified atom stereocenters. The number of halogens is 1. The zero-order chi connectivity index (χ0) is 16.2. The third kappa shape index (κ3) is 4.14. The van der Waals surface area contributed by atoms with Gasteiger partial charge in [-0.2, -0.15) is 5.26 Å². The molecule has 0 spiro atoms. The van der Waals surface area contributed by atoms with Crippen molar-refractivity contribution >= 4 is 17.7 Å². The van der Waals surface area contributed by atoms with Gasteiger partial charge in [-0.1, -0.05) is 0 Å². The average Bonchev–Trinajstić information content (AvgIpc) is 3.32. The smallest absolute Gasteiger partial charge is 0.231 e. The molecule has 1 aromatic rings. The summed E-state index contributed by atoms with van der Waals surface area (Å²) in [6.07, 6.45) is 1.97. The first-order valence-electron chi connectivity index (χ1n) is 7.11. The van der Waals surface area contributed by atoms with Gasteiger partial charge in [0.15, 0.2) is 0 Å². The van der Waals surface area contributed by atoms with Crippen molar-refractivity contribution < 1.29 is 13.9 Å². The second-order valence-corrected chi connectivity index (χ2v) is 6.57. The van der Waals surface area contributed by atoms with Gasteiger partial charge in [0.1, 0.15) is 17.1 Å². The molecule has 22 heavy (non-hydrogen) atoms. The fourth-order valence-corrected chi connectivity index (χ4v) is 3.13. The number of hydrogen-bond acceptors (Lipinski definition) is 4. The van der Waals surface area contributed by atoms with Crippen molar-refractivity contribution in [3.05, 3.63) is 29.6 Å². The van der Waals surface area contributed by atoms with Crippen molar-refractivity contribution in [3.8, 4) is 11.8 Å². The van der Waals surface area contributed by atoms with E-state index in [1.54, 1.807) is 13.0 Å². The zero-order valence-corrected chi connectivity index (χ0v) is 13.5. The highest BCUT2D eigenvalue weighted by Crippen LogP contribution is 2.39. The predicted molar refractivity (Wildman–Crippen MR) is 84.0 cm³/mol. The first kappa shape index (κ1) is 16.6. The second kappa shape index (κ2) is 7.01. The van der Waals surface area contributed by atoms with Crippen molar-refractivity contribution in [1.82, 2.24) is 5.32 Å². The van der Waals surface area contributed by atoms with E-state index in [2.05, 4.69) is 11.4 Å². The lowest BCUT2D eigenvalue weighted by molar-refractivity contribution is -0.119. The first-order valence-corrected chi connectivity index (χ1v) is 8.26. The van der Waals surface area contributed by atoms with E-state index in [1.807, 2.05) is 0 Å². The molecule has 0 heterocycles. The lowest BCUT2D eigenvalue weighted by Crippen LogP contribution is -2.47. The molecule has 4 nitrogen and oxygen atoms in total. The standard InChI is InChI=1S/C16H19FN2O2S/c1-16(10-18,12-3-4-12)19-15(20)9-22-8-11-7-13(17)5-6-14(11)21-2/h5-7,12H,3-4,8-9H2,1-2H3,(H,19,20)/t16-/m0/s1. The van der Waals surface area contributed by atoms with E-state index in [1.165, 1.54) is 31.0 Å². The Balaban J connectivity index is 1.85. The molecule has 1 fully saturated rings. The van der Waals surface area contributed by atoms with E-state index in [0.29, 0.717) is 17.1 Å². The number of hydrogen-bond donors (Lipinski definition) is 1. The molecule has 0 aromatic heterocycles. The zero-order valence-electron chi connectivity index (χ0n) is 12.7. The summed E-state index contributed by atoms with van der Waals surface area (Å²) in [6.45, 7) is 1.77. The van der Waals surface area contributed by atoms with E-state index in [9.17, 15) is 14.4 Å². The monoisotopic (exact) mass is 322 g/mol. The molecule has 1 aromatic carbocycles. The quantitative estimate of drug-likeness (QED) is 0.838. The number of nitriles is 1.